The van der Waals surface area contributed by atoms with Crippen LogP contribution in [0, 0.1) is 0 Å². The van der Waals surface area contributed by atoms with Crippen molar-refractivity contribution in [3.8, 4) is 0 Å². The van der Waals surface area contributed by atoms with Crippen LogP contribution in [0.3, 0.4) is 0 Å². The Labute approximate surface area is 156 Å². The van der Waals surface area contributed by atoms with Gasteiger partial charge in [-0.1, -0.05) is 0 Å². The third-order valence-corrected chi connectivity index (χ3v) is 5.00. The smallest absolute Gasteiger partial charge is 0.410 e. The van der Waals surface area contributed by atoms with Crippen LogP contribution in [0.25, 0.3) is 0 Å². The quantitative estimate of drug-likeness (QED) is 0.557. The first-order chi connectivity index (χ1) is 12.4. The molecule has 2 saturated heterocycles. The molecule has 1 aliphatic carbocycles. The van der Waals surface area contributed by atoms with Gasteiger partial charge < -0.3 is 25.0 Å². The summed E-state index contributed by atoms with van der Waals surface area (Å²) >= 11 is 0. The van der Waals surface area contributed by atoms with Gasteiger partial charge in [0.05, 0.1) is 24.8 Å². The predicted molar refractivity (Wildman–Crippen MR) is 101 cm³/mol. The van der Waals surface area contributed by atoms with Crippen LogP contribution in [0.2, 0.25) is 0 Å². The number of ether oxygens (including phenoxy) is 2. The standard InChI is InChI=1S/C19H34N4O3/c1-5-20-17(22-15-12-14-8-9-16(15)25-14)21-10-11-23(13-6-7-13)18(24)26-19(2,3)4/h13-16H,5-12H2,1-4H3,(H2,20,21,22). The maximum absolute atomic E-state index is 12.4. The first-order valence-electron chi connectivity index (χ1n) is 10.1. The Balaban J connectivity index is 1.52. The third-order valence-electron chi connectivity index (χ3n) is 5.00. The minimum atomic E-state index is -0.467. The average molecular weight is 367 g/mol. The van der Waals surface area contributed by atoms with Gasteiger partial charge >= 0.3 is 6.09 Å². The van der Waals surface area contributed by atoms with Crippen LogP contribution in [0.5, 0.6) is 0 Å². The van der Waals surface area contributed by atoms with Crippen molar-refractivity contribution in [2.45, 2.75) is 89.7 Å². The SMILES string of the molecule is CCNC(=NCCN(C(=O)OC(C)(C)C)C1CC1)NC1CC2CCC1O2. The highest BCUT2D eigenvalue weighted by Gasteiger charge is 2.41. The van der Waals surface area contributed by atoms with Gasteiger partial charge in [-0.05, 0) is 59.8 Å². The molecule has 2 bridgehead atoms. The zero-order chi connectivity index (χ0) is 18.7. The molecule has 3 aliphatic rings. The summed E-state index contributed by atoms with van der Waals surface area (Å²) in [4.78, 5) is 18.9. The molecular weight excluding hydrogens is 332 g/mol. The molecule has 0 spiro atoms. The number of amides is 1. The number of rotatable bonds is 6. The number of carbonyl (C=O) groups is 1. The molecule has 3 unspecified atom stereocenters. The van der Waals surface area contributed by atoms with E-state index in [4.69, 9.17) is 9.47 Å². The van der Waals surface area contributed by atoms with Crippen molar-refractivity contribution in [1.29, 1.82) is 0 Å². The van der Waals surface area contributed by atoms with Crippen LogP contribution in [0.4, 0.5) is 4.79 Å². The van der Waals surface area contributed by atoms with Gasteiger partial charge in [0, 0.05) is 19.1 Å². The van der Waals surface area contributed by atoms with Crippen LogP contribution < -0.4 is 10.6 Å². The number of hydrogen-bond acceptors (Lipinski definition) is 4. The molecular formula is C19H34N4O3. The molecule has 2 heterocycles. The first kappa shape index (κ1) is 19.3. The molecule has 0 radical (unpaired) electrons. The topological polar surface area (TPSA) is 75.2 Å². The number of hydrogen-bond donors (Lipinski definition) is 2. The molecule has 0 aromatic rings. The summed E-state index contributed by atoms with van der Waals surface area (Å²) in [6, 6.07) is 0.659. The van der Waals surface area contributed by atoms with E-state index in [0.717, 1.165) is 38.2 Å². The number of nitrogens with zero attached hydrogens (tertiary/aromatic N) is 2. The normalized spacial score (nSPS) is 28.2. The Morgan fingerprint density at radius 1 is 1.27 bits per heavy atom. The molecule has 0 aromatic heterocycles. The van der Waals surface area contributed by atoms with Crippen molar-refractivity contribution in [3.63, 3.8) is 0 Å². The van der Waals surface area contributed by atoms with Crippen LogP contribution in [0.1, 0.15) is 59.8 Å². The average Bonchev–Trinajstić information content (AvgIpc) is 3.16. The molecule has 3 rings (SSSR count). The number of fused-ring (bicyclic) bond motifs is 2. The van der Waals surface area contributed by atoms with Gasteiger partial charge in [0.1, 0.15) is 5.60 Å². The molecule has 2 N–H and O–H groups in total. The Hall–Kier alpha value is -1.50. The Morgan fingerprint density at radius 2 is 2.04 bits per heavy atom. The second kappa shape index (κ2) is 8.03. The fraction of sp³-hybridized carbons (Fsp3) is 0.895. The monoisotopic (exact) mass is 366 g/mol. The van der Waals surface area contributed by atoms with Crippen molar-refractivity contribution in [3.05, 3.63) is 0 Å². The van der Waals surface area contributed by atoms with Crippen LogP contribution in [-0.4, -0.2) is 66.5 Å². The first-order valence-corrected chi connectivity index (χ1v) is 10.1. The van der Waals surface area contributed by atoms with Crippen molar-refractivity contribution in [2.24, 2.45) is 4.99 Å². The van der Waals surface area contributed by atoms with Crippen molar-refractivity contribution >= 4 is 12.1 Å². The number of aliphatic imine (C=N–C) groups is 1. The zero-order valence-electron chi connectivity index (χ0n) is 16.6. The molecule has 0 aromatic carbocycles. The second-order valence-electron chi connectivity index (χ2n) is 8.53. The van der Waals surface area contributed by atoms with Crippen molar-refractivity contribution in [2.75, 3.05) is 19.6 Å². The van der Waals surface area contributed by atoms with E-state index in [9.17, 15) is 4.79 Å². The minimum Gasteiger partial charge on any atom is -0.444 e. The zero-order valence-corrected chi connectivity index (χ0v) is 16.6. The molecule has 1 saturated carbocycles. The minimum absolute atomic E-state index is 0.227. The van der Waals surface area contributed by atoms with E-state index < -0.39 is 5.60 Å². The summed E-state index contributed by atoms with van der Waals surface area (Å²) in [6.45, 7) is 9.73. The summed E-state index contributed by atoms with van der Waals surface area (Å²) in [5.74, 6) is 0.814. The van der Waals surface area contributed by atoms with Gasteiger partial charge in [-0.25, -0.2) is 4.79 Å². The molecule has 1 amide bonds. The van der Waals surface area contributed by atoms with E-state index in [1.54, 1.807) is 0 Å². The number of guanidine groups is 1. The van der Waals surface area contributed by atoms with Gasteiger partial charge in [0.15, 0.2) is 5.96 Å². The summed E-state index contributed by atoms with van der Waals surface area (Å²) in [5.41, 5.74) is -0.467. The third kappa shape index (κ3) is 5.25. The summed E-state index contributed by atoms with van der Waals surface area (Å²) < 4.78 is 11.4. The Bertz CT molecular complexity index is 527. The molecule has 7 nitrogen and oxygen atoms in total. The summed E-state index contributed by atoms with van der Waals surface area (Å²) in [5, 5.41) is 6.82. The predicted octanol–water partition coefficient (Wildman–Crippen LogP) is 2.26. The highest BCUT2D eigenvalue weighted by Crippen LogP contribution is 2.34. The Morgan fingerprint density at radius 3 is 2.58 bits per heavy atom. The highest BCUT2D eigenvalue weighted by molar-refractivity contribution is 5.80. The van der Waals surface area contributed by atoms with E-state index in [-0.39, 0.29) is 6.09 Å². The van der Waals surface area contributed by atoms with E-state index in [1.807, 2.05) is 25.7 Å². The van der Waals surface area contributed by atoms with Crippen LogP contribution in [-0.2, 0) is 9.47 Å². The summed E-state index contributed by atoms with van der Waals surface area (Å²) in [7, 11) is 0. The molecule has 3 fully saturated rings. The van der Waals surface area contributed by atoms with Crippen molar-refractivity contribution < 1.29 is 14.3 Å². The number of carbonyl (C=O) groups excluding carboxylic acids is 1. The fourth-order valence-electron chi connectivity index (χ4n) is 3.68. The van der Waals surface area contributed by atoms with Gasteiger partial charge in [0.25, 0.3) is 0 Å². The van der Waals surface area contributed by atoms with E-state index in [0.29, 0.717) is 37.4 Å². The van der Waals surface area contributed by atoms with E-state index in [1.165, 1.54) is 6.42 Å². The van der Waals surface area contributed by atoms with Gasteiger partial charge in [-0.15, -0.1) is 0 Å². The lowest BCUT2D eigenvalue weighted by Crippen LogP contribution is -2.47. The molecule has 148 valence electrons. The molecule has 2 aliphatic heterocycles. The fourth-order valence-corrected chi connectivity index (χ4v) is 3.68. The maximum atomic E-state index is 12.4. The van der Waals surface area contributed by atoms with Crippen LogP contribution >= 0.6 is 0 Å². The van der Waals surface area contributed by atoms with Gasteiger partial charge in [-0.2, -0.15) is 0 Å². The number of nitrogens with one attached hydrogen (secondary N) is 2. The van der Waals surface area contributed by atoms with E-state index >= 15 is 0 Å². The second-order valence-corrected chi connectivity index (χ2v) is 8.53. The lowest BCUT2D eigenvalue weighted by Gasteiger charge is -2.27. The van der Waals surface area contributed by atoms with Crippen molar-refractivity contribution in [1.82, 2.24) is 15.5 Å². The maximum Gasteiger partial charge on any atom is 0.410 e. The highest BCUT2D eigenvalue weighted by atomic mass is 16.6. The lowest BCUT2D eigenvalue weighted by molar-refractivity contribution is 0.0240. The Kier molecular flexibility index (Phi) is 5.95. The summed E-state index contributed by atoms with van der Waals surface area (Å²) in [6.07, 6.45) is 5.99. The van der Waals surface area contributed by atoms with Crippen LogP contribution in [0.15, 0.2) is 4.99 Å². The van der Waals surface area contributed by atoms with Gasteiger partial charge in [-0.3, -0.25) is 4.99 Å². The molecule has 7 heteroatoms. The lowest BCUT2D eigenvalue weighted by atomic mass is 9.96. The van der Waals surface area contributed by atoms with Gasteiger partial charge in [0.2, 0.25) is 0 Å². The molecule has 26 heavy (non-hydrogen) atoms. The van der Waals surface area contributed by atoms with E-state index in [2.05, 4.69) is 22.5 Å². The molecule has 3 atom stereocenters. The largest absolute Gasteiger partial charge is 0.444 e.